The van der Waals surface area contributed by atoms with Crippen LogP contribution in [-0.2, 0) is 18.3 Å². The summed E-state index contributed by atoms with van der Waals surface area (Å²) in [7, 11) is 3.28. The summed E-state index contributed by atoms with van der Waals surface area (Å²) in [6.45, 7) is 1.85. The van der Waals surface area contributed by atoms with Gasteiger partial charge in [-0.05, 0) is 93.2 Å². The molecule has 1 heterocycles. The Hall–Kier alpha value is -3.20. The van der Waals surface area contributed by atoms with Crippen molar-refractivity contribution < 1.29 is 22.8 Å². The molecule has 3 aromatic rings. The topological polar surface area (TPSA) is 76.0 Å². The second-order valence-electron chi connectivity index (χ2n) is 11.8. The van der Waals surface area contributed by atoms with Gasteiger partial charge in [0.2, 0.25) is 12.3 Å². The fraction of sp³-hybridized carbons (Fsp3) is 0.500. The van der Waals surface area contributed by atoms with Crippen LogP contribution < -0.4 is 10.6 Å². The maximum atomic E-state index is 14.4. The van der Waals surface area contributed by atoms with E-state index in [9.17, 15) is 22.8 Å². The molecule has 0 saturated heterocycles. The van der Waals surface area contributed by atoms with Crippen LogP contribution in [0.4, 0.5) is 18.9 Å². The Labute approximate surface area is 225 Å². The molecule has 0 spiro atoms. The van der Waals surface area contributed by atoms with Crippen molar-refractivity contribution in [3.8, 4) is 0 Å². The zero-order valence-corrected chi connectivity index (χ0v) is 22.4. The third-order valence-corrected chi connectivity index (χ3v) is 9.62. The van der Waals surface area contributed by atoms with Crippen LogP contribution in [0.25, 0.3) is 10.9 Å². The summed E-state index contributed by atoms with van der Waals surface area (Å²) in [6, 6.07) is 5.47. The molecule has 206 valence electrons. The van der Waals surface area contributed by atoms with Gasteiger partial charge in [0, 0.05) is 29.2 Å². The molecular formula is C30H33F3N4O2. The van der Waals surface area contributed by atoms with E-state index in [1.165, 1.54) is 23.2 Å². The van der Waals surface area contributed by atoms with Crippen LogP contribution in [0.2, 0.25) is 0 Å². The first-order chi connectivity index (χ1) is 18.6. The highest BCUT2D eigenvalue weighted by Gasteiger charge is 2.61. The maximum absolute atomic E-state index is 14.4. The number of hydrogen-bond donors (Lipinski definition) is 2. The molecule has 4 aliphatic carbocycles. The summed E-state index contributed by atoms with van der Waals surface area (Å²) in [5.74, 6) is 0.982. The number of nitrogens with one attached hydrogen (secondary N) is 2. The van der Waals surface area contributed by atoms with Gasteiger partial charge in [-0.3, -0.25) is 14.3 Å². The van der Waals surface area contributed by atoms with Crippen molar-refractivity contribution in [2.45, 2.75) is 57.9 Å². The molecule has 4 bridgehead atoms. The Kier molecular flexibility index (Phi) is 6.32. The van der Waals surface area contributed by atoms with Crippen LogP contribution in [-0.4, -0.2) is 35.4 Å². The summed E-state index contributed by atoms with van der Waals surface area (Å²) >= 11 is 0. The molecule has 4 saturated carbocycles. The molecule has 7 rings (SSSR count). The standard InChI is InChI=1S/C30H33F3N4O2/c1-15-4-5-19(31)9-20(15)28(34-2)26-22(14-38)27-21(24(11-25(32)33)37(3)36-27)10-23(26)35-29(39)30-12-16-6-17(13-30)8-18(30)7-16/h4-5,9-10,14,16-18,25,28,34H,6-8,11-13H2,1-3H3,(H,35,39). The SMILES string of the molecule is CNC(c1cc(F)ccc1C)c1c(NC(=O)C23CC4CC(CC2C4)C3)cc2c(CC(F)F)n(C)nc2c1C=O. The van der Waals surface area contributed by atoms with E-state index in [-0.39, 0.29) is 22.7 Å². The number of amides is 1. The summed E-state index contributed by atoms with van der Waals surface area (Å²) in [4.78, 5) is 26.8. The molecule has 3 atom stereocenters. The number of nitrogens with zero attached hydrogens (tertiary/aromatic N) is 2. The summed E-state index contributed by atoms with van der Waals surface area (Å²) < 4.78 is 42.9. The van der Waals surface area contributed by atoms with Gasteiger partial charge in [0.15, 0.2) is 6.29 Å². The fourth-order valence-corrected chi connectivity index (χ4v) is 8.13. The number of carbonyl (C=O) groups excluding carboxylic acids is 2. The highest BCUT2D eigenvalue weighted by Crippen LogP contribution is 2.65. The molecule has 1 amide bonds. The number of carbonyl (C=O) groups is 2. The van der Waals surface area contributed by atoms with Crippen molar-refractivity contribution in [2.24, 2.45) is 30.2 Å². The number of alkyl halides is 2. The van der Waals surface area contributed by atoms with Gasteiger partial charge in [-0.25, -0.2) is 13.2 Å². The van der Waals surface area contributed by atoms with Gasteiger partial charge < -0.3 is 10.6 Å². The van der Waals surface area contributed by atoms with Crippen LogP contribution in [0.15, 0.2) is 24.3 Å². The number of hydrogen-bond acceptors (Lipinski definition) is 4. The molecular weight excluding hydrogens is 505 g/mol. The van der Waals surface area contributed by atoms with Gasteiger partial charge >= 0.3 is 0 Å². The van der Waals surface area contributed by atoms with Gasteiger partial charge in [-0.1, -0.05) is 6.07 Å². The van der Waals surface area contributed by atoms with Crippen molar-refractivity contribution in [1.82, 2.24) is 15.1 Å². The molecule has 9 heteroatoms. The molecule has 6 nitrogen and oxygen atoms in total. The number of benzene rings is 2. The predicted molar refractivity (Wildman–Crippen MR) is 142 cm³/mol. The minimum Gasteiger partial charge on any atom is -0.325 e. The molecule has 0 aliphatic heterocycles. The number of halogens is 3. The summed E-state index contributed by atoms with van der Waals surface area (Å²) in [6.07, 6.45) is 2.56. The largest absolute Gasteiger partial charge is 0.325 e. The van der Waals surface area contributed by atoms with Gasteiger partial charge in [-0.2, -0.15) is 5.10 Å². The van der Waals surface area contributed by atoms with Gasteiger partial charge in [0.1, 0.15) is 11.3 Å². The number of rotatable bonds is 8. The van der Waals surface area contributed by atoms with E-state index in [0.29, 0.717) is 46.2 Å². The van der Waals surface area contributed by atoms with Crippen LogP contribution in [0.1, 0.15) is 70.9 Å². The second kappa shape index (κ2) is 9.47. The smallest absolute Gasteiger partial charge is 0.244 e. The third-order valence-electron chi connectivity index (χ3n) is 9.62. The van der Waals surface area contributed by atoms with Crippen molar-refractivity contribution in [3.63, 3.8) is 0 Å². The van der Waals surface area contributed by atoms with E-state index < -0.39 is 30.1 Å². The first-order valence-corrected chi connectivity index (χ1v) is 13.7. The summed E-state index contributed by atoms with van der Waals surface area (Å²) in [5.41, 5.74) is 2.56. The number of aromatic nitrogens is 2. The second-order valence-corrected chi connectivity index (χ2v) is 11.8. The first kappa shape index (κ1) is 26.0. The number of anilines is 1. The minimum absolute atomic E-state index is 0.0697. The zero-order chi connectivity index (χ0) is 27.6. The first-order valence-electron chi connectivity index (χ1n) is 13.7. The van der Waals surface area contributed by atoms with Crippen molar-refractivity contribution in [3.05, 3.63) is 58.0 Å². The van der Waals surface area contributed by atoms with E-state index in [4.69, 9.17) is 0 Å². The molecule has 2 N–H and O–H groups in total. The average Bonchev–Trinajstić information content (AvgIpc) is 3.43. The van der Waals surface area contributed by atoms with Crippen LogP contribution in [0, 0.1) is 35.9 Å². The van der Waals surface area contributed by atoms with Gasteiger partial charge in [0.25, 0.3) is 0 Å². The normalized spacial score (nSPS) is 26.1. The molecule has 0 radical (unpaired) electrons. The zero-order valence-electron chi connectivity index (χ0n) is 22.4. The Balaban J connectivity index is 1.55. The van der Waals surface area contributed by atoms with Crippen LogP contribution in [0.3, 0.4) is 0 Å². The van der Waals surface area contributed by atoms with Gasteiger partial charge in [0.05, 0.1) is 23.6 Å². The van der Waals surface area contributed by atoms with E-state index >= 15 is 0 Å². The molecule has 4 aliphatic rings. The van der Waals surface area contributed by atoms with Crippen molar-refractivity contribution >= 4 is 28.8 Å². The third kappa shape index (κ3) is 4.08. The van der Waals surface area contributed by atoms with Crippen molar-refractivity contribution in [1.29, 1.82) is 0 Å². The lowest BCUT2D eigenvalue weighted by Crippen LogP contribution is -2.38. The van der Waals surface area contributed by atoms with E-state index in [1.54, 1.807) is 26.2 Å². The Morgan fingerprint density at radius 3 is 2.56 bits per heavy atom. The monoisotopic (exact) mass is 538 g/mol. The molecule has 2 aromatic carbocycles. The number of aryl methyl sites for hydroxylation is 2. The molecule has 4 fully saturated rings. The Morgan fingerprint density at radius 1 is 1.21 bits per heavy atom. The van der Waals surface area contributed by atoms with E-state index in [2.05, 4.69) is 15.7 Å². The summed E-state index contributed by atoms with van der Waals surface area (Å²) in [5, 5.41) is 11.2. The lowest BCUT2D eigenvalue weighted by atomic mass is 9.75. The lowest BCUT2D eigenvalue weighted by molar-refractivity contribution is -0.127. The molecule has 3 unspecified atom stereocenters. The maximum Gasteiger partial charge on any atom is 0.244 e. The quantitative estimate of drug-likeness (QED) is 0.360. The lowest BCUT2D eigenvalue weighted by Gasteiger charge is -2.32. The average molecular weight is 539 g/mol. The van der Waals surface area contributed by atoms with Gasteiger partial charge in [-0.15, -0.1) is 0 Å². The van der Waals surface area contributed by atoms with E-state index in [0.717, 1.165) is 31.2 Å². The molecule has 39 heavy (non-hydrogen) atoms. The number of fused-ring (bicyclic) bond motifs is 1. The number of aldehydes is 1. The van der Waals surface area contributed by atoms with Crippen LogP contribution >= 0.6 is 0 Å². The Bertz CT molecular complexity index is 1470. The molecule has 1 aromatic heterocycles. The van der Waals surface area contributed by atoms with Crippen LogP contribution in [0.5, 0.6) is 0 Å². The highest BCUT2D eigenvalue weighted by atomic mass is 19.3. The predicted octanol–water partition coefficient (Wildman–Crippen LogP) is 5.71. The fourth-order valence-electron chi connectivity index (χ4n) is 8.13. The van der Waals surface area contributed by atoms with Crippen molar-refractivity contribution in [2.75, 3.05) is 12.4 Å². The highest BCUT2D eigenvalue weighted by molar-refractivity contribution is 6.05. The minimum atomic E-state index is -2.61. The van der Waals surface area contributed by atoms with E-state index in [1.807, 2.05) is 6.92 Å². The Morgan fingerprint density at radius 2 is 1.92 bits per heavy atom.